The van der Waals surface area contributed by atoms with Crippen molar-refractivity contribution in [3.63, 3.8) is 0 Å². The van der Waals surface area contributed by atoms with Crippen LogP contribution >= 0.6 is 0 Å². The van der Waals surface area contributed by atoms with E-state index < -0.39 is 5.92 Å². The Morgan fingerprint density at radius 2 is 2.04 bits per heavy atom. The van der Waals surface area contributed by atoms with Crippen LogP contribution in [0.2, 0.25) is 0 Å². The number of hydrogen-bond donors (Lipinski definition) is 3. The molecule has 1 aliphatic heterocycles. The summed E-state index contributed by atoms with van der Waals surface area (Å²) in [5, 5.41) is 15.0. The molecule has 2 rings (SSSR count). The van der Waals surface area contributed by atoms with Crippen molar-refractivity contribution >= 4 is 18.2 Å². The number of hydroxylamine groups is 2. The van der Waals surface area contributed by atoms with E-state index in [0.717, 1.165) is 19.3 Å². The van der Waals surface area contributed by atoms with Gasteiger partial charge in [-0.2, -0.15) is 0 Å². The molecule has 9 heteroatoms. The Morgan fingerprint density at radius 3 is 2.78 bits per heavy atom. The third-order valence-corrected chi connectivity index (χ3v) is 4.20. The molecule has 0 saturated carbocycles. The molecule has 148 valence electrons. The molecular weight excluding hydrogens is 354 g/mol. The third-order valence-electron chi connectivity index (χ3n) is 4.20. The highest BCUT2D eigenvalue weighted by molar-refractivity contribution is 5.95. The van der Waals surface area contributed by atoms with Crippen LogP contribution in [0.25, 0.3) is 0 Å². The van der Waals surface area contributed by atoms with Gasteiger partial charge in [-0.05, 0) is 24.6 Å². The van der Waals surface area contributed by atoms with Crippen LogP contribution in [0.5, 0.6) is 11.5 Å². The van der Waals surface area contributed by atoms with Gasteiger partial charge in [-0.15, -0.1) is 0 Å². The molecule has 1 aromatic carbocycles. The Morgan fingerprint density at radius 1 is 1.26 bits per heavy atom. The minimum atomic E-state index is -0.547. The van der Waals surface area contributed by atoms with Crippen LogP contribution in [0, 0.1) is 5.92 Å². The van der Waals surface area contributed by atoms with Crippen LogP contribution in [-0.4, -0.2) is 48.5 Å². The second-order valence-electron chi connectivity index (χ2n) is 6.21. The Labute approximate surface area is 157 Å². The molecule has 0 spiro atoms. The molecule has 0 unspecified atom stereocenters. The van der Waals surface area contributed by atoms with Crippen LogP contribution in [-0.2, 0) is 9.59 Å². The number of carbonyl (C=O) groups excluding carboxylic acids is 3. The lowest BCUT2D eigenvalue weighted by Gasteiger charge is -2.19. The summed E-state index contributed by atoms with van der Waals surface area (Å²) in [6.07, 6.45) is 3.57. The van der Waals surface area contributed by atoms with Gasteiger partial charge in [0.15, 0.2) is 11.5 Å². The van der Waals surface area contributed by atoms with E-state index in [4.69, 9.17) is 9.47 Å². The minimum absolute atomic E-state index is 0.0666. The quantitative estimate of drug-likeness (QED) is 0.175. The summed E-state index contributed by atoms with van der Waals surface area (Å²) in [5.41, 5.74) is 0.385. The average Bonchev–Trinajstić information content (AvgIpc) is 3.14. The zero-order valence-electron chi connectivity index (χ0n) is 15.3. The molecule has 1 aliphatic rings. The van der Waals surface area contributed by atoms with Crippen LogP contribution in [0.4, 0.5) is 0 Å². The van der Waals surface area contributed by atoms with Crippen LogP contribution in [0.1, 0.15) is 43.0 Å². The van der Waals surface area contributed by atoms with Crippen molar-refractivity contribution in [2.24, 2.45) is 5.92 Å². The number of unbranched alkanes of at least 4 members (excludes halogenated alkanes) is 2. The second-order valence-corrected chi connectivity index (χ2v) is 6.21. The fourth-order valence-corrected chi connectivity index (χ4v) is 2.71. The molecule has 3 N–H and O–H groups in total. The van der Waals surface area contributed by atoms with Gasteiger partial charge in [-0.25, -0.2) is 5.06 Å². The maximum absolute atomic E-state index is 12.3. The molecule has 0 radical (unpaired) electrons. The first kappa shape index (κ1) is 20.5. The Balaban J connectivity index is 1.82. The van der Waals surface area contributed by atoms with E-state index in [1.165, 1.54) is 0 Å². The predicted octanol–water partition coefficient (Wildman–Crippen LogP) is 1.26. The largest absolute Gasteiger partial charge is 0.454 e. The van der Waals surface area contributed by atoms with E-state index in [1.54, 1.807) is 18.2 Å². The van der Waals surface area contributed by atoms with Crippen molar-refractivity contribution in [2.45, 2.75) is 32.6 Å². The first-order valence-corrected chi connectivity index (χ1v) is 8.91. The Hall–Kier alpha value is -2.81. The Bertz CT molecular complexity index is 666. The first-order valence-electron chi connectivity index (χ1n) is 8.91. The zero-order valence-corrected chi connectivity index (χ0v) is 15.3. The van der Waals surface area contributed by atoms with Crippen LogP contribution in [0.3, 0.4) is 0 Å². The van der Waals surface area contributed by atoms with Crippen molar-refractivity contribution in [1.29, 1.82) is 0 Å². The van der Waals surface area contributed by atoms with E-state index in [0.29, 0.717) is 28.5 Å². The smallest absolute Gasteiger partial charge is 0.252 e. The number of amides is 3. The number of benzene rings is 1. The molecule has 27 heavy (non-hydrogen) atoms. The lowest BCUT2D eigenvalue weighted by molar-refractivity contribution is -0.154. The standard InChI is InChI=1S/C18H25N3O6/c1-2-3-4-5-14(9-21(25)11-22)18(24)20-10-19-17(23)13-6-7-15-16(8-13)27-12-26-15/h6-8,11,14,25H,2-5,9-10,12H2,1H3,(H,19,23)(H,20,24)/t14-/m0/s1. The van der Waals surface area contributed by atoms with Gasteiger partial charge in [0, 0.05) is 5.56 Å². The molecule has 1 atom stereocenters. The van der Waals surface area contributed by atoms with Gasteiger partial charge < -0.3 is 20.1 Å². The van der Waals surface area contributed by atoms with Gasteiger partial charge in [0.1, 0.15) is 0 Å². The number of rotatable bonds is 11. The van der Waals surface area contributed by atoms with Gasteiger partial charge in [-0.1, -0.05) is 26.2 Å². The Kier molecular flexibility index (Phi) is 7.87. The number of hydrogen-bond acceptors (Lipinski definition) is 6. The minimum Gasteiger partial charge on any atom is -0.454 e. The number of fused-ring (bicyclic) bond motifs is 1. The van der Waals surface area contributed by atoms with Crippen molar-refractivity contribution in [1.82, 2.24) is 15.7 Å². The summed E-state index contributed by atoms with van der Waals surface area (Å²) in [6.45, 7) is 2.01. The van der Waals surface area contributed by atoms with Crippen molar-refractivity contribution in [2.75, 3.05) is 20.0 Å². The number of ether oxygens (including phenoxy) is 2. The maximum Gasteiger partial charge on any atom is 0.252 e. The fraction of sp³-hybridized carbons (Fsp3) is 0.500. The zero-order chi connectivity index (χ0) is 19.6. The normalized spacial score (nSPS) is 13.0. The van der Waals surface area contributed by atoms with Gasteiger partial charge in [0.25, 0.3) is 5.91 Å². The van der Waals surface area contributed by atoms with E-state index >= 15 is 0 Å². The summed E-state index contributed by atoms with van der Waals surface area (Å²) in [6, 6.07) is 4.82. The third kappa shape index (κ3) is 6.14. The molecule has 0 aromatic heterocycles. The molecule has 0 bridgehead atoms. The lowest BCUT2D eigenvalue weighted by Crippen LogP contribution is -2.43. The highest BCUT2D eigenvalue weighted by Crippen LogP contribution is 2.32. The molecule has 9 nitrogen and oxygen atoms in total. The van der Waals surface area contributed by atoms with E-state index in [9.17, 15) is 19.6 Å². The van der Waals surface area contributed by atoms with Crippen molar-refractivity contribution in [3.8, 4) is 11.5 Å². The van der Waals surface area contributed by atoms with Gasteiger partial charge in [-0.3, -0.25) is 19.6 Å². The van der Waals surface area contributed by atoms with Crippen molar-refractivity contribution < 1.29 is 29.1 Å². The lowest BCUT2D eigenvalue weighted by atomic mass is 10.0. The maximum atomic E-state index is 12.3. The summed E-state index contributed by atoms with van der Waals surface area (Å²) in [5.74, 6) is -0.168. The van der Waals surface area contributed by atoms with Crippen LogP contribution < -0.4 is 20.1 Å². The summed E-state index contributed by atoms with van der Waals surface area (Å²) in [4.78, 5) is 35.1. The summed E-state index contributed by atoms with van der Waals surface area (Å²) >= 11 is 0. The molecule has 1 aromatic rings. The predicted molar refractivity (Wildman–Crippen MR) is 95.2 cm³/mol. The molecular formula is C18H25N3O6. The number of carbonyl (C=O) groups is 3. The second kappa shape index (κ2) is 10.4. The molecule has 0 aliphatic carbocycles. The SMILES string of the molecule is CCCCC[C@@H](CN(O)C=O)C(=O)NCNC(=O)c1ccc2c(c1)OCO2. The van der Waals surface area contributed by atoms with Crippen molar-refractivity contribution in [3.05, 3.63) is 23.8 Å². The molecule has 3 amide bonds. The molecule has 0 saturated heterocycles. The highest BCUT2D eigenvalue weighted by atomic mass is 16.7. The fourth-order valence-electron chi connectivity index (χ4n) is 2.71. The van der Waals surface area contributed by atoms with Gasteiger partial charge in [0.05, 0.1) is 19.1 Å². The highest BCUT2D eigenvalue weighted by Gasteiger charge is 2.21. The topological polar surface area (TPSA) is 117 Å². The van der Waals surface area contributed by atoms with E-state index in [-0.39, 0.29) is 38.2 Å². The molecule has 0 fully saturated rings. The average molecular weight is 379 g/mol. The first-order chi connectivity index (χ1) is 13.0. The van der Waals surface area contributed by atoms with Crippen LogP contribution in [0.15, 0.2) is 18.2 Å². The van der Waals surface area contributed by atoms with Gasteiger partial charge in [0.2, 0.25) is 19.1 Å². The van der Waals surface area contributed by atoms with E-state index in [1.807, 2.05) is 6.92 Å². The summed E-state index contributed by atoms with van der Waals surface area (Å²) < 4.78 is 10.4. The number of nitrogens with zero attached hydrogens (tertiary/aromatic N) is 1. The molecule has 1 heterocycles. The van der Waals surface area contributed by atoms with E-state index in [2.05, 4.69) is 10.6 Å². The van der Waals surface area contributed by atoms with Gasteiger partial charge >= 0.3 is 0 Å². The number of nitrogens with one attached hydrogen (secondary N) is 2. The monoisotopic (exact) mass is 379 g/mol. The summed E-state index contributed by atoms with van der Waals surface area (Å²) in [7, 11) is 0.